The number of nitrogens with one attached hydrogen (secondary N) is 2. The van der Waals surface area contributed by atoms with Gasteiger partial charge < -0.3 is 15.6 Å². The highest BCUT2D eigenvalue weighted by Gasteiger charge is 2.32. The van der Waals surface area contributed by atoms with E-state index in [1.165, 1.54) is 12.3 Å². The molecule has 10 heteroatoms. The second-order valence-electron chi connectivity index (χ2n) is 5.09. The van der Waals surface area contributed by atoms with Gasteiger partial charge >= 0.3 is 0 Å². The molecule has 4 N–H and O–H groups in total. The summed E-state index contributed by atoms with van der Waals surface area (Å²) in [5.41, 5.74) is 5.44. The summed E-state index contributed by atoms with van der Waals surface area (Å²) in [7, 11) is -3.50. The molecule has 0 saturated carbocycles. The van der Waals surface area contributed by atoms with Crippen molar-refractivity contribution < 1.29 is 17.7 Å². The molecule has 0 aromatic carbocycles. The lowest BCUT2D eigenvalue weighted by atomic mass is 9.81. The van der Waals surface area contributed by atoms with Crippen LogP contribution in [0.2, 0.25) is 0 Å². The number of aromatic nitrogens is 1. The summed E-state index contributed by atoms with van der Waals surface area (Å²) in [5, 5.41) is 6.27. The monoisotopic (exact) mass is 368 g/mol. The van der Waals surface area contributed by atoms with Gasteiger partial charge in [0.15, 0.2) is 0 Å². The molecule has 1 amide bonds. The minimum absolute atomic E-state index is 0. The Bertz CT molecular complexity index is 550. The molecule has 0 saturated heterocycles. The number of sulfonamides is 1. The highest BCUT2D eigenvalue weighted by molar-refractivity contribution is 7.88. The Hall–Kier alpha value is -1.16. The van der Waals surface area contributed by atoms with Crippen LogP contribution in [-0.4, -0.2) is 39.1 Å². The molecule has 0 bridgehead atoms. The summed E-state index contributed by atoms with van der Waals surface area (Å²) >= 11 is 0. The fourth-order valence-corrected chi connectivity index (χ4v) is 3.13. The largest absolute Gasteiger partial charge is 0.364 e. The predicted octanol–water partition coefficient (Wildman–Crippen LogP) is 0.397. The number of nitrogens with zero attached hydrogens (tertiary/aromatic N) is 1. The molecule has 1 heterocycles. The first-order valence-electron chi connectivity index (χ1n) is 7.24. The maximum atomic E-state index is 12.1. The van der Waals surface area contributed by atoms with Crippen molar-refractivity contribution in [1.82, 2.24) is 15.2 Å². The van der Waals surface area contributed by atoms with Gasteiger partial charge in [-0.25, -0.2) is 13.1 Å². The minimum atomic E-state index is -3.50. The first-order chi connectivity index (χ1) is 10.4. The van der Waals surface area contributed by atoms with E-state index in [1.54, 1.807) is 0 Å². The van der Waals surface area contributed by atoms with Gasteiger partial charge in [0.2, 0.25) is 15.9 Å². The molecule has 23 heavy (non-hydrogen) atoms. The van der Waals surface area contributed by atoms with Gasteiger partial charge in [0.25, 0.3) is 0 Å². The topological polar surface area (TPSA) is 127 Å². The van der Waals surface area contributed by atoms with Crippen LogP contribution in [0, 0.1) is 5.41 Å². The molecule has 0 atom stereocenters. The molecule has 0 aliphatic heterocycles. The number of carbonyl (C=O) groups excluding carboxylic acids is 1. The van der Waals surface area contributed by atoms with Gasteiger partial charge in [-0.2, -0.15) is 0 Å². The molecule has 0 radical (unpaired) electrons. The smallest absolute Gasteiger partial charge is 0.227 e. The van der Waals surface area contributed by atoms with E-state index in [2.05, 4.69) is 19.7 Å². The van der Waals surface area contributed by atoms with E-state index in [0.29, 0.717) is 18.5 Å². The second-order valence-corrected chi connectivity index (χ2v) is 6.90. The number of hydrogen-bond donors (Lipinski definition) is 3. The average molecular weight is 369 g/mol. The zero-order valence-electron chi connectivity index (χ0n) is 13.4. The molecular formula is C13H25ClN4O4S. The molecule has 134 valence electrons. The van der Waals surface area contributed by atoms with Crippen molar-refractivity contribution in [3.63, 3.8) is 0 Å². The fraction of sp³-hybridized carbons (Fsp3) is 0.692. The molecule has 0 fully saturated rings. The maximum absolute atomic E-state index is 12.1. The van der Waals surface area contributed by atoms with Crippen molar-refractivity contribution in [2.24, 2.45) is 11.1 Å². The molecule has 1 rings (SSSR count). The number of amides is 1. The Morgan fingerprint density at radius 1 is 1.35 bits per heavy atom. The van der Waals surface area contributed by atoms with Crippen LogP contribution >= 0.6 is 12.4 Å². The lowest BCUT2D eigenvalue weighted by molar-refractivity contribution is -0.130. The Kier molecular flexibility index (Phi) is 9.37. The summed E-state index contributed by atoms with van der Waals surface area (Å²) < 4.78 is 30.5. The molecule has 0 unspecified atom stereocenters. The zero-order chi connectivity index (χ0) is 16.6. The predicted molar refractivity (Wildman–Crippen MR) is 89.5 cm³/mol. The number of hydrogen-bond acceptors (Lipinski definition) is 6. The van der Waals surface area contributed by atoms with Crippen molar-refractivity contribution in [2.75, 3.05) is 19.6 Å². The number of nitrogens with two attached hydrogens (primary N) is 1. The summed E-state index contributed by atoms with van der Waals surface area (Å²) in [6.07, 6.45) is 2.60. The van der Waals surface area contributed by atoms with Gasteiger partial charge in [-0.1, -0.05) is 19.0 Å². The summed E-state index contributed by atoms with van der Waals surface area (Å²) in [6.45, 7) is 4.41. The van der Waals surface area contributed by atoms with E-state index in [9.17, 15) is 13.2 Å². The lowest BCUT2D eigenvalue weighted by Crippen LogP contribution is -2.47. The summed E-state index contributed by atoms with van der Waals surface area (Å²) in [5.74, 6) is -0.399. The average Bonchev–Trinajstić information content (AvgIpc) is 2.98. The van der Waals surface area contributed by atoms with Crippen LogP contribution < -0.4 is 15.8 Å². The standard InChI is InChI=1S/C13H24N4O4S.ClH/c1-3-13(4-2,10-14)12(18)15-6-7-16-22(19,20)9-11-5-8-21-17-11;/h5,8,16H,3-4,6-7,9-10,14H2,1-2H3,(H,15,18);1H. The van der Waals surface area contributed by atoms with E-state index in [1.807, 2.05) is 13.8 Å². The summed E-state index contributed by atoms with van der Waals surface area (Å²) in [6, 6.07) is 1.49. The third-order valence-corrected chi connectivity index (χ3v) is 5.11. The highest BCUT2D eigenvalue weighted by Crippen LogP contribution is 2.24. The van der Waals surface area contributed by atoms with Crippen LogP contribution in [0.1, 0.15) is 32.4 Å². The van der Waals surface area contributed by atoms with Crippen LogP contribution in [0.15, 0.2) is 16.9 Å². The van der Waals surface area contributed by atoms with Crippen LogP contribution in [0.3, 0.4) is 0 Å². The van der Waals surface area contributed by atoms with Crippen LogP contribution in [0.5, 0.6) is 0 Å². The van der Waals surface area contributed by atoms with Crippen molar-refractivity contribution in [3.8, 4) is 0 Å². The number of carbonyl (C=O) groups is 1. The Balaban J connectivity index is 0.00000484. The fourth-order valence-electron chi connectivity index (χ4n) is 2.08. The third kappa shape index (κ3) is 6.46. The zero-order valence-corrected chi connectivity index (χ0v) is 15.0. The van der Waals surface area contributed by atoms with Crippen LogP contribution in [0.4, 0.5) is 0 Å². The third-order valence-electron chi connectivity index (χ3n) is 3.79. The molecule has 1 aromatic rings. The summed E-state index contributed by atoms with van der Waals surface area (Å²) in [4.78, 5) is 12.1. The quantitative estimate of drug-likeness (QED) is 0.513. The first kappa shape index (κ1) is 21.8. The van der Waals surface area contributed by atoms with Crippen molar-refractivity contribution in [3.05, 3.63) is 18.0 Å². The number of rotatable bonds is 10. The molecule has 0 spiro atoms. The normalized spacial score (nSPS) is 11.8. The van der Waals surface area contributed by atoms with Crippen molar-refractivity contribution in [1.29, 1.82) is 0 Å². The van der Waals surface area contributed by atoms with Crippen molar-refractivity contribution >= 4 is 28.3 Å². The molecule has 0 aliphatic rings. The first-order valence-corrected chi connectivity index (χ1v) is 8.89. The van der Waals surface area contributed by atoms with Gasteiger partial charge in [0.05, 0.1) is 11.1 Å². The Morgan fingerprint density at radius 2 is 2.00 bits per heavy atom. The molecule has 8 nitrogen and oxygen atoms in total. The Labute approximate surface area is 143 Å². The highest BCUT2D eigenvalue weighted by atomic mass is 35.5. The van der Waals surface area contributed by atoms with E-state index in [4.69, 9.17) is 5.73 Å². The van der Waals surface area contributed by atoms with Crippen LogP contribution in [0.25, 0.3) is 0 Å². The minimum Gasteiger partial charge on any atom is -0.364 e. The maximum Gasteiger partial charge on any atom is 0.227 e. The molecular weight excluding hydrogens is 344 g/mol. The molecule has 0 aliphatic carbocycles. The second kappa shape index (κ2) is 9.86. The van der Waals surface area contributed by atoms with E-state index in [-0.39, 0.29) is 43.7 Å². The molecule has 1 aromatic heterocycles. The van der Waals surface area contributed by atoms with E-state index in [0.717, 1.165) is 0 Å². The van der Waals surface area contributed by atoms with Gasteiger partial charge in [0, 0.05) is 25.7 Å². The van der Waals surface area contributed by atoms with E-state index >= 15 is 0 Å². The SMILES string of the molecule is CCC(CC)(CN)C(=O)NCCNS(=O)(=O)Cc1ccon1.Cl. The van der Waals surface area contributed by atoms with Gasteiger partial charge in [0.1, 0.15) is 12.0 Å². The van der Waals surface area contributed by atoms with Gasteiger partial charge in [-0.05, 0) is 12.8 Å². The van der Waals surface area contributed by atoms with Crippen LogP contribution in [-0.2, 0) is 20.6 Å². The van der Waals surface area contributed by atoms with Crippen molar-refractivity contribution in [2.45, 2.75) is 32.4 Å². The van der Waals surface area contributed by atoms with Gasteiger partial charge in [-0.15, -0.1) is 12.4 Å². The lowest BCUT2D eigenvalue weighted by Gasteiger charge is -2.28. The number of halogens is 1. The Morgan fingerprint density at radius 3 is 2.48 bits per heavy atom. The van der Waals surface area contributed by atoms with Gasteiger partial charge in [-0.3, -0.25) is 4.79 Å². The van der Waals surface area contributed by atoms with E-state index < -0.39 is 15.4 Å².